The summed E-state index contributed by atoms with van der Waals surface area (Å²) in [7, 11) is 0. The molecular weight excluding hydrogens is 383 g/mol. The number of aryl methyl sites for hydroxylation is 1. The van der Waals surface area contributed by atoms with E-state index in [4.69, 9.17) is 16.3 Å². The molecule has 0 amide bonds. The molecule has 0 fully saturated rings. The average molecular weight is 391 g/mol. The molecule has 1 aromatic heterocycles. The van der Waals surface area contributed by atoms with Gasteiger partial charge in [-0.05, 0) is 58.5 Å². The Morgan fingerprint density at radius 3 is 2.78 bits per heavy atom. The summed E-state index contributed by atoms with van der Waals surface area (Å²) >= 11 is 9.88. The molecule has 0 spiro atoms. The Morgan fingerprint density at radius 1 is 1.22 bits per heavy atom. The van der Waals surface area contributed by atoms with E-state index < -0.39 is 0 Å². The number of halogens is 2. The van der Waals surface area contributed by atoms with E-state index in [1.807, 2.05) is 24.3 Å². The van der Waals surface area contributed by atoms with Crippen LogP contribution in [0.4, 0.5) is 0 Å². The molecule has 0 radical (unpaired) electrons. The second-order valence-corrected chi connectivity index (χ2v) is 6.42. The van der Waals surface area contributed by atoms with Crippen LogP contribution in [0.3, 0.4) is 0 Å². The van der Waals surface area contributed by atoms with E-state index >= 15 is 0 Å². The standard InChI is InChI=1S/C12H8ClIN2OS/c13-12-15-9-5-6-18-10(9)11(16-12)17-8-3-1-7(14)2-4-8/h1-4H,5-6H2. The second-order valence-electron chi connectivity index (χ2n) is 3.73. The minimum atomic E-state index is 0.247. The number of benzene rings is 1. The SMILES string of the molecule is Clc1nc2c(c(Oc3ccc(I)cc3)n1)SCC2. The molecule has 0 aliphatic carbocycles. The minimum absolute atomic E-state index is 0.247. The fourth-order valence-corrected chi connectivity index (χ4v) is 3.26. The highest BCUT2D eigenvalue weighted by Gasteiger charge is 2.21. The van der Waals surface area contributed by atoms with Gasteiger partial charge in [0.15, 0.2) is 0 Å². The fourth-order valence-electron chi connectivity index (χ4n) is 1.69. The monoisotopic (exact) mass is 390 g/mol. The van der Waals surface area contributed by atoms with E-state index in [2.05, 4.69) is 32.6 Å². The van der Waals surface area contributed by atoms with Gasteiger partial charge in [0.1, 0.15) is 5.75 Å². The molecule has 18 heavy (non-hydrogen) atoms. The molecular formula is C12H8ClIN2OS. The predicted octanol–water partition coefficient (Wildman–Crippen LogP) is 4.18. The van der Waals surface area contributed by atoms with Gasteiger partial charge < -0.3 is 4.74 Å². The third kappa shape index (κ3) is 2.57. The average Bonchev–Trinajstić information content (AvgIpc) is 2.80. The number of ether oxygens (including phenoxy) is 1. The minimum Gasteiger partial charge on any atom is -0.438 e. The van der Waals surface area contributed by atoms with Crippen molar-refractivity contribution in [3.63, 3.8) is 0 Å². The molecule has 3 rings (SSSR count). The number of aromatic nitrogens is 2. The zero-order valence-electron chi connectivity index (χ0n) is 9.19. The van der Waals surface area contributed by atoms with Gasteiger partial charge in [0, 0.05) is 15.7 Å². The van der Waals surface area contributed by atoms with E-state index in [1.165, 1.54) is 3.57 Å². The molecule has 0 bridgehead atoms. The molecule has 0 N–H and O–H groups in total. The van der Waals surface area contributed by atoms with Gasteiger partial charge in [-0.25, -0.2) is 4.98 Å². The van der Waals surface area contributed by atoms with Crippen LogP contribution in [0.1, 0.15) is 5.69 Å². The number of fused-ring (bicyclic) bond motifs is 1. The zero-order valence-corrected chi connectivity index (χ0v) is 12.9. The summed E-state index contributed by atoms with van der Waals surface area (Å²) in [4.78, 5) is 9.41. The second kappa shape index (κ2) is 5.22. The van der Waals surface area contributed by atoms with Crippen molar-refractivity contribution in [3.8, 4) is 11.6 Å². The lowest BCUT2D eigenvalue weighted by Crippen LogP contribution is -1.96. The maximum atomic E-state index is 5.91. The van der Waals surface area contributed by atoms with Crippen LogP contribution >= 0.6 is 46.0 Å². The summed E-state index contributed by atoms with van der Waals surface area (Å²) in [5.74, 6) is 2.33. The highest BCUT2D eigenvalue weighted by molar-refractivity contribution is 14.1. The maximum Gasteiger partial charge on any atom is 0.237 e. The van der Waals surface area contributed by atoms with E-state index in [9.17, 15) is 0 Å². The fraction of sp³-hybridized carbons (Fsp3) is 0.167. The summed E-state index contributed by atoms with van der Waals surface area (Å²) in [6.45, 7) is 0. The molecule has 1 aliphatic heterocycles. The Labute approximate surface area is 127 Å². The normalized spacial score (nSPS) is 13.4. The van der Waals surface area contributed by atoms with Crippen molar-refractivity contribution < 1.29 is 4.74 Å². The Kier molecular flexibility index (Phi) is 3.63. The van der Waals surface area contributed by atoms with Crippen LogP contribution < -0.4 is 4.74 Å². The topological polar surface area (TPSA) is 35.0 Å². The highest BCUT2D eigenvalue weighted by atomic mass is 127. The van der Waals surface area contributed by atoms with Crippen LogP contribution in [0, 0.1) is 3.57 Å². The van der Waals surface area contributed by atoms with Crippen LogP contribution in [0.2, 0.25) is 5.28 Å². The molecule has 3 nitrogen and oxygen atoms in total. The van der Waals surface area contributed by atoms with Gasteiger partial charge in [-0.2, -0.15) is 4.98 Å². The first kappa shape index (κ1) is 12.5. The number of hydrogen-bond donors (Lipinski definition) is 0. The first-order chi connectivity index (χ1) is 8.72. The van der Waals surface area contributed by atoms with Gasteiger partial charge in [-0.15, -0.1) is 11.8 Å². The van der Waals surface area contributed by atoms with Crippen LogP contribution in [0.15, 0.2) is 29.2 Å². The molecule has 0 saturated carbocycles. The molecule has 0 saturated heterocycles. The van der Waals surface area contributed by atoms with Crippen molar-refractivity contribution in [2.45, 2.75) is 11.3 Å². The van der Waals surface area contributed by atoms with Crippen molar-refractivity contribution in [2.24, 2.45) is 0 Å². The van der Waals surface area contributed by atoms with Crippen LogP contribution in [-0.4, -0.2) is 15.7 Å². The van der Waals surface area contributed by atoms with E-state index in [0.29, 0.717) is 5.88 Å². The molecule has 2 heterocycles. The summed E-state index contributed by atoms with van der Waals surface area (Å²) in [5, 5.41) is 0.247. The van der Waals surface area contributed by atoms with Crippen molar-refractivity contribution >= 4 is 46.0 Å². The van der Waals surface area contributed by atoms with Gasteiger partial charge in [-0.1, -0.05) is 0 Å². The molecule has 1 aliphatic rings. The number of thioether (sulfide) groups is 1. The number of nitrogens with zero attached hydrogens (tertiary/aromatic N) is 2. The largest absolute Gasteiger partial charge is 0.438 e. The smallest absolute Gasteiger partial charge is 0.237 e. The van der Waals surface area contributed by atoms with E-state index in [-0.39, 0.29) is 5.28 Å². The highest BCUT2D eigenvalue weighted by Crippen LogP contribution is 2.39. The molecule has 92 valence electrons. The molecule has 2 aromatic rings. The van der Waals surface area contributed by atoms with Crippen molar-refractivity contribution in [1.29, 1.82) is 0 Å². The lowest BCUT2D eigenvalue weighted by atomic mass is 10.3. The van der Waals surface area contributed by atoms with Crippen LogP contribution in [-0.2, 0) is 6.42 Å². The molecule has 0 unspecified atom stereocenters. The molecule has 1 aromatic carbocycles. The number of hydrogen-bond acceptors (Lipinski definition) is 4. The lowest BCUT2D eigenvalue weighted by molar-refractivity contribution is 0.447. The Morgan fingerprint density at radius 2 is 2.00 bits per heavy atom. The van der Waals surface area contributed by atoms with Crippen LogP contribution in [0.25, 0.3) is 0 Å². The van der Waals surface area contributed by atoms with Crippen LogP contribution in [0.5, 0.6) is 11.6 Å². The zero-order chi connectivity index (χ0) is 12.5. The van der Waals surface area contributed by atoms with Gasteiger partial charge in [0.2, 0.25) is 11.2 Å². The Balaban J connectivity index is 1.95. The summed E-state index contributed by atoms with van der Waals surface area (Å²) in [6, 6.07) is 7.83. The quantitative estimate of drug-likeness (QED) is 0.569. The summed E-state index contributed by atoms with van der Waals surface area (Å²) < 4.78 is 6.96. The third-order valence-corrected chi connectivity index (χ3v) is 4.49. The first-order valence-corrected chi connectivity index (χ1v) is 7.79. The van der Waals surface area contributed by atoms with Gasteiger partial charge in [0.25, 0.3) is 0 Å². The third-order valence-electron chi connectivity index (χ3n) is 2.49. The Bertz CT molecular complexity index is 591. The van der Waals surface area contributed by atoms with Crippen molar-refractivity contribution in [3.05, 3.63) is 38.8 Å². The molecule has 6 heteroatoms. The van der Waals surface area contributed by atoms with Gasteiger partial charge >= 0.3 is 0 Å². The number of rotatable bonds is 2. The van der Waals surface area contributed by atoms with Gasteiger partial charge in [-0.3, -0.25) is 0 Å². The predicted molar refractivity (Wildman–Crippen MR) is 80.7 cm³/mol. The van der Waals surface area contributed by atoms with Gasteiger partial charge in [0.05, 0.1) is 10.6 Å². The van der Waals surface area contributed by atoms with E-state index in [1.54, 1.807) is 11.8 Å². The maximum absolute atomic E-state index is 5.91. The van der Waals surface area contributed by atoms with E-state index in [0.717, 1.165) is 28.5 Å². The summed E-state index contributed by atoms with van der Waals surface area (Å²) in [6.07, 6.45) is 0.922. The van der Waals surface area contributed by atoms with Crippen molar-refractivity contribution in [1.82, 2.24) is 9.97 Å². The lowest BCUT2D eigenvalue weighted by Gasteiger charge is -2.08. The van der Waals surface area contributed by atoms with Crippen molar-refractivity contribution in [2.75, 3.05) is 5.75 Å². The first-order valence-electron chi connectivity index (χ1n) is 5.35. The molecule has 0 atom stereocenters. The Hall–Kier alpha value is -0.530. The summed E-state index contributed by atoms with van der Waals surface area (Å²) in [5.41, 5.74) is 0.987.